The van der Waals surface area contributed by atoms with Gasteiger partial charge in [-0.2, -0.15) is 0 Å². The largest absolute Gasteiger partial charge is 0.385 e. The first-order valence-electron chi connectivity index (χ1n) is 4.57. The lowest BCUT2D eigenvalue weighted by atomic mass is 10.0. The Kier molecular flexibility index (Phi) is 3.87. The van der Waals surface area contributed by atoms with Gasteiger partial charge in [0, 0.05) is 19.8 Å². The van der Waals surface area contributed by atoms with Crippen LogP contribution in [0.1, 0.15) is 32.1 Å². The molecule has 0 heterocycles. The predicted octanol–water partition coefficient (Wildman–Crippen LogP) is 1.54. The van der Waals surface area contributed by atoms with Gasteiger partial charge in [-0.15, -0.1) is 0 Å². The van der Waals surface area contributed by atoms with Crippen LogP contribution in [0.5, 0.6) is 0 Å². The maximum Gasteiger partial charge on any atom is 0.0462 e. The van der Waals surface area contributed by atoms with Gasteiger partial charge < -0.3 is 10.5 Å². The van der Waals surface area contributed by atoms with Gasteiger partial charge in [0.05, 0.1) is 0 Å². The highest BCUT2D eigenvalue weighted by atomic mass is 16.5. The number of methoxy groups -OCH3 is 1. The smallest absolute Gasteiger partial charge is 0.0462 e. The standard InChI is InChI=1S/C9H19NO/c1-11-6-2-3-8-4-5-9(10)7-8/h8-9H,2-7,10H2,1H3. The second-order valence-electron chi connectivity index (χ2n) is 3.57. The molecule has 0 aliphatic heterocycles. The first kappa shape index (κ1) is 9.01. The molecule has 2 N–H and O–H groups in total. The summed E-state index contributed by atoms with van der Waals surface area (Å²) in [5.74, 6) is 0.889. The van der Waals surface area contributed by atoms with Gasteiger partial charge in [0.25, 0.3) is 0 Å². The Balaban J connectivity index is 1.99. The zero-order valence-corrected chi connectivity index (χ0v) is 7.38. The highest BCUT2D eigenvalue weighted by molar-refractivity contribution is 4.77. The SMILES string of the molecule is COCCCC1CCC(N)C1. The first-order chi connectivity index (χ1) is 5.33. The van der Waals surface area contributed by atoms with E-state index in [2.05, 4.69) is 0 Å². The van der Waals surface area contributed by atoms with Gasteiger partial charge >= 0.3 is 0 Å². The molecule has 2 nitrogen and oxygen atoms in total. The van der Waals surface area contributed by atoms with Gasteiger partial charge in [-0.25, -0.2) is 0 Å². The molecule has 0 aromatic heterocycles. The molecule has 2 atom stereocenters. The van der Waals surface area contributed by atoms with Crippen molar-refractivity contribution in [3.05, 3.63) is 0 Å². The van der Waals surface area contributed by atoms with Gasteiger partial charge in [0.15, 0.2) is 0 Å². The third-order valence-electron chi connectivity index (χ3n) is 2.54. The molecule has 0 amide bonds. The van der Waals surface area contributed by atoms with Crippen LogP contribution in [0.4, 0.5) is 0 Å². The number of ether oxygens (including phenoxy) is 1. The first-order valence-corrected chi connectivity index (χ1v) is 4.57. The molecule has 11 heavy (non-hydrogen) atoms. The van der Waals surface area contributed by atoms with Crippen molar-refractivity contribution in [3.8, 4) is 0 Å². The number of nitrogens with two attached hydrogens (primary N) is 1. The van der Waals surface area contributed by atoms with Crippen molar-refractivity contribution in [3.63, 3.8) is 0 Å². The minimum Gasteiger partial charge on any atom is -0.385 e. The molecule has 1 aliphatic rings. The minimum absolute atomic E-state index is 0.488. The van der Waals surface area contributed by atoms with Crippen LogP contribution in [-0.2, 0) is 4.74 Å². The van der Waals surface area contributed by atoms with E-state index in [-0.39, 0.29) is 0 Å². The Bertz CT molecular complexity index is 106. The fourth-order valence-corrected chi connectivity index (χ4v) is 1.89. The van der Waals surface area contributed by atoms with E-state index in [1.165, 1.54) is 32.1 Å². The van der Waals surface area contributed by atoms with Crippen molar-refractivity contribution in [1.29, 1.82) is 0 Å². The van der Waals surface area contributed by atoms with Gasteiger partial charge in [0.1, 0.15) is 0 Å². The number of rotatable bonds is 4. The highest BCUT2D eigenvalue weighted by Gasteiger charge is 2.20. The molecule has 0 saturated heterocycles. The van der Waals surface area contributed by atoms with E-state index < -0.39 is 0 Å². The zero-order valence-electron chi connectivity index (χ0n) is 7.38. The predicted molar refractivity (Wildman–Crippen MR) is 46.4 cm³/mol. The summed E-state index contributed by atoms with van der Waals surface area (Å²) in [7, 11) is 1.76. The van der Waals surface area contributed by atoms with Crippen molar-refractivity contribution in [2.45, 2.75) is 38.1 Å². The molecular formula is C9H19NO. The summed E-state index contributed by atoms with van der Waals surface area (Å²) in [5, 5.41) is 0. The lowest BCUT2D eigenvalue weighted by Crippen LogP contribution is -2.14. The Morgan fingerprint density at radius 2 is 2.27 bits per heavy atom. The van der Waals surface area contributed by atoms with E-state index in [1.54, 1.807) is 7.11 Å². The average Bonchev–Trinajstić information content (AvgIpc) is 2.37. The Morgan fingerprint density at radius 3 is 2.82 bits per heavy atom. The van der Waals surface area contributed by atoms with Crippen LogP contribution in [0.2, 0.25) is 0 Å². The molecule has 1 rings (SSSR count). The summed E-state index contributed by atoms with van der Waals surface area (Å²) in [6.07, 6.45) is 6.32. The van der Waals surface area contributed by atoms with Gasteiger partial charge in [-0.05, 0) is 38.0 Å². The normalized spacial score (nSPS) is 31.1. The molecule has 0 aromatic carbocycles. The molecule has 2 heteroatoms. The number of hydrogen-bond donors (Lipinski definition) is 1. The molecular weight excluding hydrogens is 138 g/mol. The molecule has 0 aromatic rings. The maximum atomic E-state index is 5.80. The summed E-state index contributed by atoms with van der Waals surface area (Å²) in [5.41, 5.74) is 5.80. The van der Waals surface area contributed by atoms with E-state index in [9.17, 15) is 0 Å². The topological polar surface area (TPSA) is 35.2 Å². The third kappa shape index (κ3) is 3.21. The van der Waals surface area contributed by atoms with Gasteiger partial charge in [-0.1, -0.05) is 0 Å². The van der Waals surface area contributed by atoms with Gasteiger partial charge in [-0.3, -0.25) is 0 Å². The summed E-state index contributed by atoms with van der Waals surface area (Å²) >= 11 is 0. The summed E-state index contributed by atoms with van der Waals surface area (Å²) in [6, 6.07) is 0.488. The van der Waals surface area contributed by atoms with Crippen molar-refractivity contribution < 1.29 is 4.74 Å². The second kappa shape index (κ2) is 4.73. The second-order valence-corrected chi connectivity index (χ2v) is 3.57. The summed E-state index contributed by atoms with van der Waals surface area (Å²) in [6.45, 7) is 0.908. The molecule has 1 saturated carbocycles. The fraction of sp³-hybridized carbons (Fsp3) is 1.00. The summed E-state index contributed by atoms with van der Waals surface area (Å²) in [4.78, 5) is 0. The molecule has 1 fully saturated rings. The Morgan fingerprint density at radius 1 is 1.45 bits per heavy atom. The lowest BCUT2D eigenvalue weighted by Gasteiger charge is -2.07. The fourth-order valence-electron chi connectivity index (χ4n) is 1.89. The molecule has 1 aliphatic carbocycles. The highest BCUT2D eigenvalue weighted by Crippen LogP contribution is 2.27. The molecule has 0 radical (unpaired) electrons. The maximum absolute atomic E-state index is 5.80. The quantitative estimate of drug-likeness (QED) is 0.628. The van der Waals surface area contributed by atoms with E-state index >= 15 is 0 Å². The van der Waals surface area contributed by atoms with E-state index in [0.717, 1.165) is 12.5 Å². The minimum atomic E-state index is 0.488. The zero-order chi connectivity index (χ0) is 8.10. The van der Waals surface area contributed by atoms with Crippen LogP contribution in [0.15, 0.2) is 0 Å². The Labute approximate surface area is 69.1 Å². The number of hydrogen-bond acceptors (Lipinski definition) is 2. The van der Waals surface area contributed by atoms with Crippen molar-refractivity contribution in [2.75, 3.05) is 13.7 Å². The van der Waals surface area contributed by atoms with E-state index in [4.69, 9.17) is 10.5 Å². The Hall–Kier alpha value is -0.0800. The van der Waals surface area contributed by atoms with Crippen LogP contribution >= 0.6 is 0 Å². The van der Waals surface area contributed by atoms with Crippen molar-refractivity contribution in [1.82, 2.24) is 0 Å². The average molecular weight is 157 g/mol. The van der Waals surface area contributed by atoms with E-state index in [0.29, 0.717) is 6.04 Å². The van der Waals surface area contributed by atoms with Crippen LogP contribution < -0.4 is 5.73 Å². The lowest BCUT2D eigenvalue weighted by molar-refractivity contribution is 0.187. The monoisotopic (exact) mass is 157 g/mol. The van der Waals surface area contributed by atoms with Crippen LogP contribution in [0.25, 0.3) is 0 Å². The molecule has 0 bridgehead atoms. The van der Waals surface area contributed by atoms with E-state index in [1.807, 2.05) is 0 Å². The van der Waals surface area contributed by atoms with Crippen molar-refractivity contribution >= 4 is 0 Å². The summed E-state index contributed by atoms with van der Waals surface area (Å²) < 4.78 is 5.00. The van der Waals surface area contributed by atoms with Crippen LogP contribution in [-0.4, -0.2) is 19.8 Å². The van der Waals surface area contributed by atoms with Crippen LogP contribution in [0.3, 0.4) is 0 Å². The van der Waals surface area contributed by atoms with Gasteiger partial charge in [0.2, 0.25) is 0 Å². The molecule has 2 unspecified atom stereocenters. The third-order valence-corrected chi connectivity index (χ3v) is 2.54. The van der Waals surface area contributed by atoms with Crippen molar-refractivity contribution in [2.24, 2.45) is 11.7 Å². The molecule has 0 spiro atoms. The van der Waals surface area contributed by atoms with Crippen LogP contribution in [0, 0.1) is 5.92 Å². The molecule has 66 valence electrons.